The summed E-state index contributed by atoms with van der Waals surface area (Å²) in [6.45, 7) is 1.51. The molecule has 184 valence electrons. The summed E-state index contributed by atoms with van der Waals surface area (Å²) in [5, 5.41) is 0. The molecular formula is C26H34N2O5S. The number of hydrogen-bond donors (Lipinski definition) is 1. The molecule has 1 aliphatic carbocycles. The molecule has 0 amide bonds. The van der Waals surface area contributed by atoms with Crippen molar-refractivity contribution in [2.45, 2.75) is 29.8 Å². The number of sulfone groups is 1. The minimum Gasteiger partial charge on any atom is -0.497 e. The van der Waals surface area contributed by atoms with Crippen molar-refractivity contribution in [2.75, 3.05) is 40.4 Å². The summed E-state index contributed by atoms with van der Waals surface area (Å²) in [7, 11) is 0.0662. The van der Waals surface area contributed by atoms with E-state index in [1.807, 2.05) is 48.5 Å². The van der Waals surface area contributed by atoms with Gasteiger partial charge in [-0.1, -0.05) is 48.5 Å². The van der Waals surface area contributed by atoms with Crippen LogP contribution in [0.4, 0.5) is 0 Å². The summed E-state index contributed by atoms with van der Waals surface area (Å²) in [5.41, 5.74) is 8.39. The van der Waals surface area contributed by atoms with Crippen molar-refractivity contribution >= 4 is 9.84 Å². The molecule has 2 aromatic carbocycles. The highest BCUT2D eigenvalue weighted by molar-refractivity contribution is 7.90. The Kier molecular flexibility index (Phi) is 9.29. The maximum atomic E-state index is 11.7. The number of hydrogen-bond acceptors (Lipinski definition) is 7. The molecule has 0 saturated heterocycles. The molecule has 1 aliphatic rings. The second-order valence-corrected chi connectivity index (χ2v) is 10.3. The molecule has 0 heterocycles. The van der Waals surface area contributed by atoms with Gasteiger partial charge in [-0.15, -0.1) is 0 Å². The lowest BCUT2D eigenvalue weighted by Crippen LogP contribution is -2.39. The quantitative estimate of drug-likeness (QED) is 0.460. The van der Waals surface area contributed by atoms with E-state index in [-0.39, 0.29) is 12.1 Å². The van der Waals surface area contributed by atoms with Crippen LogP contribution in [0.25, 0.3) is 0 Å². The van der Waals surface area contributed by atoms with E-state index in [1.54, 1.807) is 26.4 Å². The molecule has 2 aromatic rings. The van der Waals surface area contributed by atoms with Gasteiger partial charge in [0.1, 0.15) is 5.76 Å². The molecule has 2 atom stereocenters. The van der Waals surface area contributed by atoms with Gasteiger partial charge >= 0.3 is 0 Å². The predicted octanol–water partition coefficient (Wildman–Crippen LogP) is 3.44. The van der Waals surface area contributed by atoms with E-state index in [0.717, 1.165) is 29.1 Å². The number of methoxy groups -OCH3 is 2. The Morgan fingerprint density at radius 2 is 1.76 bits per heavy atom. The molecule has 0 radical (unpaired) electrons. The second kappa shape index (κ2) is 12.2. The topological polar surface area (TPSA) is 91.1 Å². The first-order chi connectivity index (χ1) is 16.3. The fraction of sp³-hybridized carbons (Fsp3) is 0.385. The van der Waals surface area contributed by atoms with E-state index in [4.69, 9.17) is 19.9 Å². The van der Waals surface area contributed by atoms with E-state index in [0.29, 0.717) is 31.2 Å². The lowest BCUT2D eigenvalue weighted by molar-refractivity contribution is 0.00561. The average molecular weight is 487 g/mol. The number of nitrogens with two attached hydrogens (primary N) is 1. The maximum Gasteiger partial charge on any atom is 0.175 e. The molecule has 0 bridgehead atoms. The van der Waals surface area contributed by atoms with Crippen molar-refractivity contribution in [3.05, 3.63) is 89.4 Å². The third kappa shape index (κ3) is 7.17. The molecule has 7 nitrogen and oxygen atoms in total. The van der Waals surface area contributed by atoms with Crippen molar-refractivity contribution in [1.82, 2.24) is 4.90 Å². The Balaban J connectivity index is 1.66. The molecule has 2 unspecified atom stereocenters. The zero-order chi connectivity index (χ0) is 24.6. The lowest BCUT2D eigenvalue weighted by Gasteiger charge is -2.32. The first kappa shape index (κ1) is 26.0. The highest BCUT2D eigenvalue weighted by atomic mass is 32.2. The van der Waals surface area contributed by atoms with Crippen molar-refractivity contribution in [2.24, 2.45) is 5.73 Å². The summed E-state index contributed by atoms with van der Waals surface area (Å²) < 4.78 is 40.5. The summed E-state index contributed by atoms with van der Waals surface area (Å²) in [6.07, 6.45) is 6.64. The third-order valence-corrected chi connectivity index (χ3v) is 7.02. The molecule has 2 N–H and O–H groups in total. The molecule has 0 fully saturated rings. The van der Waals surface area contributed by atoms with Gasteiger partial charge in [0.25, 0.3) is 0 Å². The van der Waals surface area contributed by atoms with Crippen LogP contribution in [0.5, 0.6) is 0 Å². The Morgan fingerprint density at radius 3 is 2.38 bits per heavy atom. The van der Waals surface area contributed by atoms with Crippen LogP contribution in [-0.2, 0) is 30.5 Å². The minimum absolute atomic E-state index is 0.0668. The van der Waals surface area contributed by atoms with Crippen molar-refractivity contribution in [1.29, 1.82) is 0 Å². The van der Waals surface area contributed by atoms with Crippen LogP contribution in [0, 0.1) is 0 Å². The van der Waals surface area contributed by atoms with Gasteiger partial charge in [-0.25, -0.2) is 8.42 Å². The Bertz CT molecular complexity index is 1080. The van der Waals surface area contributed by atoms with Gasteiger partial charge in [0, 0.05) is 25.3 Å². The van der Waals surface area contributed by atoms with Crippen LogP contribution in [0.1, 0.15) is 23.6 Å². The molecule has 0 saturated carbocycles. The fourth-order valence-electron chi connectivity index (χ4n) is 3.86. The molecule has 3 rings (SSSR count). The van der Waals surface area contributed by atoms with Crippen molar-refractivity contribution in [3.63, 3.8) is 0 Å². The van der Waals surface area contributed by atoms with Gasteiger partial charge in [0.15, 0.2) is 15.6 Å². The smallest absolute Gasteiger partial charge is 0.175 e. The maximum absolute atomic E-state index is 11.7. The molecule has 0 aromatic heterocycles. The van der Waals surface area contributed by atoms with Gasteiger partial charge < -0.3 is 19.9 Å². The van der Waals surface area contributed by atoms with E-state index < -0.39 is 9.84 Å². The number of allylic oxidation sites excluding steroid dienone is 1. The number of nitrogens with zero attached hydrogens (tertiary/aromatic N) is 1. The van der Waals surface area contributed by atoms with Gasteiger partial charge in [-0.3, -0.25) is 4.90 Å². The Morgan fingerprint density at radius 1 is 1.06 bits per heavy atom. The van der Waals surface area contributed by atoms with Crippen LogP contribution in [-0.4, -0.2) is 59.7 Å². The molecule has 34 heavy (non-hydrogen) atoms. The third-order valence-electron chi connectivity index (χ3n) is 5.90. The van der Waals surface area contributed by atoms with Crippen LogP contribution >= 0.6 is 0 Å². The van der Waals surface area contributed by atoms with Crippen LogP contribution < -0.4 is 5.73 Å². The van der Waals surface area contributed by atoms with E-state index in [1.165, 1.54) is 6.26 Å². The van der Waals surface area contributed by atoms with Gasteiger partial charge in [-0.2, -0.15) is 0 Å². The largest absolute Gasteiger partial charge is 0.497 e. The number of ether oxygens (including phenoxy) is 3. The zero-order valence-electron chi connectivity index (χ0n) is 20.0. The number of benzene rings is 2. The normalized spacial score (nSPS) is 17.1. The minimum atomic E-state index is -3.21. The lowest BCUT2D eigenvalue weighted by atomic mass is 10.0. The average Bonchev–Trinajstić information content (AvgIpc) is 2.85. The Labute approximate surface area is 202 Å². The Hall–Kier alpha value is -2.65. The molecule has 8 heteroatoms. The van der Waals surface area contributed by atoms with Crippen LogP contribution in [0.15, 0.2) is 83.2 Å². The van der Waals surface area contributed by atoms with Gasteiger partial charge in [0.2, 0.25) is 0 Å². The summed E-state index contributed by atoms with van der Waals surface area (Å²) in [4.78, 5) is 2.55. The van der Waals surface area contributed by atoms with Gasteiger partial charge in [-0.05, 0) is 35.8 Å². The molecule has 0 spiro atoms. The van der Waals surface area contributed by atoms with Crippen LogP contribution in [0.2, 0.25) is 0 Å². The first-order valence-corrected chi connectivity index (χ1v) is 13.1. The molecule has 0 aliphatic heterocycles. The zero-order valence-corrected chi connectivity index (χ0v) is 20.8. The highest BCUT2D eigenvalue weighted by Gasteiger charge is 2.24. The summed E-state index contributed by atoms with van der Waals surface area (Å²) in [6, 6.07) is 16.8. The van der Waals surface area contributed by atoms with E-state index in [2.05, 4.69) is 11.0 Å². The number of rotatable bonds is 12. The van der Waals surface area contributed by atoms with Gasteiger partial charge in [0.05, 0.1) is 38.5 Å². The van der Waals surface area contributed by atoms with E-state index >= 15 is 0 Å². The highest BCUT2D eigenvalue weighted by Crippen LogP contribution is 2.24. The van der Waals surface area contributed by atoms with E-state index in [9.17, 15) is 8.42 Å². The standard InChI is InChI=1S/C26H34N2O5S/c1-31-25-14-11-22(17-26(25)32-2)28(19-33-18-24(27)21-7-5-4-6-8-21)16-15-20-9-12-23(13-10-20)34(3,29)30/h4-14,22,24H,15-19,27H2,1-3H3. The van der Waals surface area contributed by atoms with Crippen LogP contribution in [0.3, 0.4) is 0 Å². The SMILES string of the molecule is COC1=C(OC)CC(N(CCc2ccc(S(C)(=O)=O)cc2)COCC(N)c2ccccc2)C=C1. The van der Waals surface area contributed by atoms with Crippen molar-refractivity contribution < 1.29 is 22.6 Å². The molecular weight excluding hydrogens is 452 g/mol. The summed E-state index contributed by atoms with van der Waals surface area (Å²) >= 11 is 0. The second-order valence-electron chi connectivity index (χ2n) is 8.32. The monoisotopic (exact) mass is 486 g/mol. The summed E-state index contributed by atoms with van der Waals surface area (Å²) in [5.74, 6) is 1.51. The predicted molar refractivity (Wildman–Crippen MR) is 133 cm³/mol. The first-order valence-electron chi connectivity index (χ1n) is 11.2. The van der Waals surface area contributed by atoms with Crippen molar-refractivity contribution in [3.8, 4) is 0 Å². The fourth-order valence-corrected chi connectivity index (χ4v) is 4.49.